The van der Waals surface area contributed by atoms with Crippen molar-refractivity contribution in [1.82, 2.24) is 9.88 Å². The van der Waals surface area contributed by atoms with Gasteiger partial charge in [0.2, 0.25) is 0 Å². The number of nitrogens with two attached hydrogens (primary N) is 1. The van der Waals surface area contributed by atoms with Crippen molar-refractivity contribution in [2.75, 3.05) is 5.73 Å². The molecule has 1 aliphatic heterocycles. The van der Waals surface area contributed by atoms with Crippen molar-refractivity contribution in [3.8, 4) is 0 Å². The van der Waals surface area contributed by atoms with Crippen molar-refractivity contribution in [3.63, 3.8) is 0 Å². The summed E-state index contributed by atoms with van der Waals surface area (Å²) in [6.07, 6.45) is 0. The summed E-state index contributed by atoms with van der Waals surface area (Å²) >= 11 is 1.61. The van der Waals surface area contributed by atoms with Gasteiger partial charge in [-0.15, -0.1) is 11.3 Å². The number of thiazole rings is 1. The fourth-order valence-electron chi connectivity index (χ4n) is 3.15. The van der Waals surface area contributed by atoms with Crippen LogP contribution >= 0.6 is 11.3 Å². The van der Waals surface area contributed by atoms with Crippen LogP contribution in [0.1, 0.15) is 27.7 Å². The van der Waals surface area contributed by atoms with Crippen LogP contribution in [-0.4, -0.2) is 9.88 Å². The van der Waals surface area contributed by atoms with Crippen molar-refractivity contribution in [1.29, 1.82) is 0 Å². The van der Waals surface area contributed by atoms with E-state index in [4.69, 9.17) is 5.73 Å². The normalized spacial score (nSPS) is 14.4. The third-order valence-corrected chi connectivity index (χ3v) is 5.00. The Morgan fingerprint density at radius 1 is 0.909 bits per heavy atom. The maximum absolute atomic E-state index is 5.82. The molecule has 1 aromatic heterocycles. The molecular weight excluding hydrogens is 290 g/mol. The Hall–Kier alpha value is -2.17. The Bertz CT molecular complexity index is 705. The molecule has 0 spiro atoms. The number of rotatable bonds is 3. The maximum atomic E-state index is 5.82. The van der Waals surface area contributed by atoms with Crippen molar-refractivity contribution in [3.05, 3.63) is 82.4 Å². The predicted molar refractivity (Wildman–Crippen MR) is 90.5 cm³/mol. The van der Waals surface area contributed by atoms with E-state index >= 15 is 0 Å². The van der Waals surface area contributed by atoms with E-state index in [2.05, 4.69) is 70.5 Å². The second-order valence-electron chi connectivity index (χ2n) is 5.55. The van der Waals surface area contributed by atoms with Gasteiger partial charge in [-0.05, 0) is 11.1 Å². The Balaban J connectivity index is 1.71. The number of fused-ring (bicyclic) bond motifs is 1. The molecule has 22 heavy (non-hydrogen) atoms. The van der Waals surface area contributed by atoms with E-state index in [0.29, 0.717) is 5.13 Å². The zero-order chi connectivity index (χ0) is 14.9. The molecule has 1 aliphatic rings. The van der Waals surface area contributed by atoms with Gasteiger partial charge in [-0.3, -0.25) is 4.90 Å². The third kappa shape index (κ3) is 2.40. The van der Waals surface area contributed by atoms with E-state index in [1.807, 2.05) is 0 Å². The average Bonchev–Trinajstić information content (AvgIpc) is 3.07. The van der Waals surface area contributed by atoms with Gasteiger partial charge in [0.05, 0.1) is 11.7 Å². The van der Waals surface area contributed by atoms with Crippen LogP contribution in [0.2, 0.25) is 0 Å². The lowest BCUT2D eigenvalue weighted by Gasteiger charge is -2.28. The first-order chi connectivity index (χ1) is 10.8. The minimum atomic E-state index is 0.255. The minimum absolute atomic E-state index is 0.255. The first-order valence-corrected chi connectivity index (χ1v) is 8.21. The van der Waals surface area contributed by atoms with Gasteiger partial charge in [-0.25, -0.2) is 4.98 Å². The fraction of sp³-hybridized carbons (Fsp3) is 0.167. The highest BCUT2D eigenvalue weighted by molar-refractivity contribution is 7.15. The smallest absolute Gasteiger partial charge is 0.180 e. The lowest BCUT2D eigenvalue weighted by atomic mass is 9.97. The lowest BCUT2D eigenvalue weighted by molar-refractivity contribution is 0.230. The Morgan fingerprint density at radius 3 is 2.05 bits per heavy atom. The first kappa shape index (κ1) is 13.5. The van der Waals surface area contributed by atoms with Crippen LogP contribution < -0.4 is 5.73 Å². The molecular formula is C18H17N3S. The zero-order valence-electron chi connectivity index (χ0n) is 12.1. The fourth-order valence-corrected chi connectivity index (χ4v) is 4.02. The largest absolute Gasteiger partial charge is 0.375 e. The van der Waals surface area contributed by atoms with E-state index in [9.17, 15) is 0 Å². The Kier molecular flexibility index (Phi) is 3.41. The topological polar surface area (TPSA) is 42.1 Å². The molecule has 0 saturated carbocycles. The minimum Gasteiger partial charge on any atom is -0.375 e. The van der Waals surface area contributed by atoms with E-state index in [1.165, 1.54) is 16.0 Å². The number of hydrogen-bond donors (Lipinski definition) is 1. The standard InChI is InChI=1S/C18H17N3S/c19-18-20-15-11-21(12-16(15)22-18)17(13-7-3-1-4-8-13)14-9-5-2-6-10-14/h1-10,17H,11-12H2,(H2,19,20). The molecule has 0 radical (unpaired) electrons. The molecule has 2 N–H and O–H groups in total. The van der Waals surface area contributed by atoms with Crippen LogP contribution in [0.4, 0.5) is 5.13 Å². The van der Waals surface area contributed by atoms with Crippen LogP contribution in [0.15, 0.2) is 60.7 Å². The van der Waals surface area contributed by atoms with Crippen LogP contribution in [0.25, 0.3) is 0 Å². The summed E-state index contributed by atoms with van der Waals surface area (Å²) in [5.74, 6) is 0. The monoisotopic (exact) mass is 307 g/mol. The van der Waals surface area contributed by atoms with Crippen LogP contribution in [-0.2, 0) is 13.1 Å². The van der Waals surface area contributed by atoms with Gasteiger partial charge >= 0.3 is 0 Å². The number of anilines is 1. The summed E-state index contributed by atoms with van der Waals surface area (Å²) in [5, 5.41) is 0.681. The van der Waals surface area contributed by atoms with E-state index in [0.717, 1.165) is 18.8 Å². The number of aromatic nitrogens is 1. The molecule has 0 saturated heterocycles. The van der Waals surface area contributed by atoms with E-state index in [-0.39, 0.29) is 6.04 Å². The molecule has 3 aromatic rings. The van der Waals surface area contributed by atoms with Crippen molar-refractivity contribution < 1.29 is 0 Å². The van der Waals surface area contributed by atoms with Crippen LogP contribution in [0.3, 0.4) is 0 Å². The number of benzene rings is 2. The van der Waals surface area contributed by atoms with Gasteiger partial charge in [-0.1, -0.05) is 60.7 Å². The van der Waals surface area contributed by atoms with Crippen molar-refractivity contribution in [2.45, 2.75) is 19.1 Å². The molecule has 0 fully saturated rings. The quantitative estimate of drug-likeness (QED) is 0.799. The summed E-state index contributed by atoms with van der Waals surface area (Å²) in [7, 11) is 0. The highest BCUT2D eigenvalue weighted by Crippen LogP contribution is 2.37. The zero-order valence-corrected chi connectivity index (χ0v) is 13.0. The highest BCUT2D eigenvalue weighted by atomic mass is 32.1. The molecule has 0 atom stereocenters. The van der Waals surface area contributed by atoms with Gasteiger partial charge in [0.25, 0.3) is 0 Å². The highest BCUT2D eigenvalue weighted by Gasteiger charge is 2.30. The molecule has 0 amide bonds. The summed E-state index contributed by atoms with van der Waals surface area (Å²) < 4.78 is 0. The van der Waals surface area contributed by atoms with Crippen LogP contribution in [0, 0.1) is 0 Å². The average molecular weight is 307 g/mol. The Morgan fingerprint density at radius 2 is 1.50 bits per heavy atom. The molecule has 2 heterocycles. The van der Waals surface area contributed by atoms with Gasteiger partial charge in [0.15, 0.2) is 5.13 Å². The predicted octanol–water partition coefficient (Wildman–Crippen LogP) is 3.83. The second-order valence-corrected chi connectivity index (χ2v) is 6.67. The van der Waals surface area contributed by atoms with Crippen molar-refractivity contribution >= 4 is 16.5 Å². The van der Waals surface area contributed by atoms with Gasteiger partial charge in [0, 0.05) is 18.0 Å². The molecule has 0 aliphatic carbocycles. The first-order valence-electron chi connectivity index (χ1n) is 7.39. The van der Waals surface area contributed by atoms with Crippen molar-refractivity contribution in [2.24, 2.45) is 0 Å². The summed E-state index contributed by atoms with van der Waals surface area (Å²) in [5.41, 5.74) is 9.59. The van der Waals surface area contributed by atoms with Gasteiger partial charge in [-0.2, -0.15) is 0 Å². The summed E-state index contributed by atoms with van der Waals surface area (Å²) in [6, 6.07) is 21.6. The van der Waals surface area contributed by atoms with E-state index in [1.54, 1.807) is 11.3 Å². The Labute approximate surface area is 134 Å². The lowest BCUT2D eigenvalue weighted by Crippen LogP contribution is -2.24. The molecule has 2 aromatic carbocycles. The molecule has 0 unspecified atom stereocenters. The van der Waals surface area contributed by atoms with Gasteiger partial charge < -0.3 is 5.73 Å². The summed E-state index contributed by atoms with van der Waals surface area (Å²) in [4.78, 5) is 8.24. The SMILES string of the molecule is Nc1nc2c(s1)CN(C(c1ccccc1)c1ccccc1)C2. The number of nitrogens with zero attached hydrogens (tertiary/aromatic N) is 2. The molecule has 4 heteroatoms. The summed E-state index contributed by atoms with van der Waals surface area (Å²) in [6.45, 7) is 1.77. The van der Waals surface area contributed by atoms with Crippen LogP contribution in [0.5, 0.6) is 0 Å². The molecule has 4 rings (SSSR count). The number of nitrogen functional groups attached to an aromatic ring is 1. The third-order valence-electron chi connectivity index (χ3n) is 4.09. The molecule has 3 nitrogen and oxygen atoms in total. The number of hydrogen-bond acceptors (Lipinski definition) is 4. The second kappa shape index (κ2) is 5.55. The molecule has 110 valence electrons. The maximum Gasteiger partial charge on any atom is 0.180 e. The van der Waals surface area contributed by atoms with E-state index < -0.39 is 0 Å². The van der Waals surface area contributed by atoms with Gasteiger partial charge in [0.1, 0.15) is 0 Å². The molecule has 0 bridgehead atoms.